The summed E-state index contributed by atoms with van der Waals surface area (Å²) in [7, 11) is 0. The Balaban J connectivity index is 2.39. The van der Waals surface area contributed by atoms with Gasteiger partial charge in [0.15, 0.2) is 11.5 Å². The first-order chi connectivity index (χ1) is 8.79. The fourth-order valence-electron chi connectivity index (χ4n) is 1.38. The van der Waals surface area contributed by atoms with Crippen LogP contribution in [0.4, 0.5) is 24.5 Å². The maximum atomic E-state index is 12.1. The van der Waals surface area contributed by atoms with E-state index in [1.807, 2.05) is 0 Å². The number of nitro groups is 1. The number of benzene rings is 1. The molecule has 7 nitrogen and oxygen atoms in total. The summed E-state index contributed by atoms with van der Waals surface area (Å²) in [4.78, 5) is 20.6. The van der Waals surface area contributed by atoms with E-state index < -0.39 is 28.4 Å². The highest BCUT2D eigenvalue weighted by Gasteiger charge is 2.40. The normalized spacial score (nSPS) is 13.2. The van der Waals surface area contributed by atoms with Gasteiger partial charge in [-0.2, -0.15) is 13.2 Å². The van der Waals surface area contributed by atoms with Gasteiger partial charge < -0.3 is 14.8 Å². The molecular formula is C9H5F3N2O5. The number of ether oxygens (including phenoxy) is 2. The number of rotatable bonds is 2. The molecule has 1 aromatic carbocycles. The molecule has 0 bridgehead atoms. The van der Waals surface area contributed by atoms with Gasteiger partial charge in [0.25, 0.3) is 5.69 Å². The summed E-state index contributed by atoms with van der Waals surface area (Å²) in [6, 6.07) is 1.79. The van der Waals surface area contributed by atoms with Crippen LogP contribution in [0.3, 0.4) is 0 Å². The lowest BCUT2D eigenvalue weighted by atomic mass is 10.2. The molecule has 1 aromatic rings. The number of nitrogens with zero attached hydrogens (tertiary/aromatic N) is 1. The van der Waals surface area contributed by atoms with Crippen molar-refractivity contribution in [3.05, 3.63) is 22.2 Å². The summed E-state index contributed by atoms with van der Waals surface area (Å²) < 4.78 is 46.0. The van der Waals surface area contributed by atoms with E-state index >= 15 is 0 Å². The molecule has 102 valence electrons. The maximum Gasteiger partial charge on any atom is 0.471 e. The Hall–Kier alpha value is -2.52. The highest BCUT2D eigenvalue weighted by atomic mass is 19.4. The van der Waals surface area contributed by atoms with Crippen LogP contribution in [0.15, 0.2) is 12.1 Å². The molecule has 0 spiro atoms. The second kappa shape index (κ2) is 4.30. The van der Waals surface area contributed by atoms with Crippen LogP contribution in [-0.4, -0.2) is 23.8 Å². The molecule has 1 N–H and O–H groups in total. The van der Waals surface area contributed by atoms with Gasteiger partial charge in [0.05, 0.1) is 11.0 Å². The van der Waals surface area contributed by atoms with Crippen LogP contribution in [0.2, 0.25) is 0 Å². The predicted octanol–water partition coefficient (Wildman–Crippen LogP) is 1.82. The lowest BCUT2D eigenvalue weighted by Crippen LogP contribution is -2.30. The number of halogens is 3. The van der Waals surface area contributed by atoms with E-state index in [-0.39, 0.29) is 18.3 Å². The molecule has 0 unspecified atom stereocenters. The second-order valence-corrected chi connectivity index (χ2v) is 3.43. The monoisotopic (exact) mass is 278 g/mol. The second-order valence-electron chi connectivity index (χ2n) is 3.43. The minimum absolute atomic E-state index is 0.0167. The Morgan fingerprint density at radius 1 is 1.32 bits per heavy atom. The van der Waals surface area contributed by atoms with Crippen LogP contribution >= 0.6 is 0 Å². The minimum Gasteiger partial charge on any atom is -0.454 e. The highest BCUT2D eigenvalue weighted by Crippen LogP contribution is 2.40. The van der Waals surface area contributed by atoms with Crippen molar-refractivity contribution in [1.29, 1.82) is 0 Å². The average molecular weight is 278 g/mol. The molecule has 2 rings (SSSR count). The smallest absolute Gasteiger partial charge is 0.454 e. The molecule has 0 fully saturated rings. The van der Waals surface area contributed by atoms with Crippen molar-refractivity contribution >= 4 is 17.3 Å². The zero-order valence-corrected chi connectivity index (χ0v) is 8.98. The highest BCUT2D eigenvalue weighted by molar-refractivity contribution is 5.97. The molecule has 1 aliphatic heterocycles. The van der Waals surface area contributed by atoms with Crippen LogP contribution in [0.25, 0.3) is 0 Å². The number of amides is 1. The summed E-state index contributed by atoms with van der Waals surface area (Å²) >= 11 is 0. The summed E-state index contributed by atoms with van der Waals surface area (Å²) in [6.07, 6.45) is -5.15. The third-order valence-electron chi connectivity index (χ3n) is 2.19. The predicted molar refractivity (Wildman–Crippen MR) is 53.9 cm³/mol. The average Bonchev–Trinajstić information content (AvgIpc) is 2.73. The van der Waals surface area contributed by atoms with Crippen molar-refractivity contribution in [2.45, 2.75) is 6.18 Å². The van der Waals surface area contributed by atoms with E-state index in [0.717, 1.165) is 12.1 Å². The summed E-state index contributed by atoms with van der Waals surface area (Å²) in [5.74, 6) is -2.27. The third-order valence-corrected chi connectivity index (χ3v) is 2.19. The van der Waals surface area contributed by atoms with Crippen molar-refractivity contribution in [3.8, 4) is 11.5 Å². The fourth-order valence-corrected chi connectivity index (χ4v) is 1.38. The molecular weight excluding hydrogens is 273 g/mol. The lowest BCUT2D eigenvalue weighted by Gasteiger charge is -2.09. The number of hydrogen-bond acceptors (Lipinski definition) is 5. The van der Waals surface area contributed by atoms with Crippen LogP contribution in [-0.2, 0) is 4.79 Å². The van der Waals surface area contributed by atoms with Gasteiger partial charge in [0.1, 0.15) is 5.69 Å². The molecule has 0 radical (unpaired) electrons. The largest absolute Gasteiger partial charge is 0.471 e. The van der Waals surface area contributed by atoms with Crippen molar-refractivity contribution in [1.82, 2.24) is 0 Å². The van der Waals surface area contributed by atoms with Gasteiger partial charge in [-0.1, -0.05) is 0 Å². The van der Waals surface area contributed by atoms with Crippen LogP contribution in [0.5, 0.6) is 11.5 Å². The van der Waals surface area contributed by atoms with Gasteiger partial charge in [-0.15, -0.1) is 0 Å². The Morgan fingerprint density at radius 3 is 2.42 bits per heavy atom. The molecule has 0 aromatic heterocycles. The van der Waals surface area contributed by atoms with Gasteiger partial charge in [0, 0.05) is 6.07 Å². The maximum absolute atomic E-state index is 12.1. The zero-order chi connectivity index (χ0) is 14.2. The van der Waals surface area contributed by atoms with Crippen molar-refractivity contribution in [2.75, 3.05) is 12.1 Å². The van der Waals surface area contributed by atoms with E-state index in [9.17, 15) is 28.1 Å². The number of carbonyl (C=O) groups excluding carboxylic acids is 1. The number of fused-ring (bicyclic) bond motifs is 1. The van der Waals surface area contributed by atoms with Gasteiger partial charge in [0.2, 0.25) is 6.79 Å². The number of anilines is 1. The molecule has 1 heterocycles. The first-order valence-corrected chi connectivity index (χ1v) is 4.75. The van der Waals surface area contributed by atoms with Crippen molar-refractivity contribution in [3.63, 3.8) is 0 Å². The van der Waals surface area contributed by atoms with E-state index in [2.05, 4.69) is 0 Å². The first kappa shape index (κ1) is 12.9. The molecule has 0 aliphatic carbocycles. The molecule has 0 saturated heterocycles. The molecule has 10 heteroatoms. The third kappa shape index (κ3) is 2.51. The van der Waals surface area contributed by atoms with Gasteiger partial charge in [-0.25, -0.2) is 0 Å². The molecule has 0 saturated carbocycles. The van der Waals surface area contributed by atoms with Gasteiger partial charge in [-0.3, -0.25) is 14.9 Å². The minimum atomic E-state index is -5.15. The molecule has 1 aliphatic rings. The molecule has 1 amide bonds. The van der Waals surface area contributed by atoms with Crippen LogP contribution in [0, 0.1) is 10.1 Å². The van der Waals surface area contributed by atoms with Gasteiger partial charge in [-0.05, 0) is 0 Å². The molecule has 0 atom stereocenters. The Labute approximate surface area is 103 Å². The summed E-state index contributed by atoms with van der Waals surface area (Å²) in [5.41, 5.74) is -1.33. The Morgan fingerprint density at radius 2 is 1.89 bits per heavy atom. The summed E-state index contributed by atoms with van der Waals surface area (Å²) in [5, 5.41) is 12.1. The van der Waals surface area contributed by atoms with Gasteiger partial charge >= 0.3 is 12.1 Å². The Bertz CT molecular complexity index is 558. The zero-order valence-electron chi connectivity index (χ0n) is 8.98. The standard InChI is InChI=1S/C9H5F3N2O5/c10-9(11,12)8(15)13-4-1-6-7(19-3-18-6)2-5(4)14(16)17/h1-2H,3H2,(H,13,15). The topological polar surface area (TPSA) is 90.7 Å². The number of alkyl halides is 3. The quantitative estimate of drug-likeness (QED) is 0.658. The number of nitrogens with one attached hydrogen (secondary N) is 1. The number of nitro benzene ring substituents is 1. The SMILES string of the molecule is O=C(Nc1cc2c(cc1[N+](=O)[O-])OCO2)C(F)(F)F. The van der Waals surface area contributed by atoms with E-state index in [1.54, 1.807) is 0 Å². The van der Waals surface area contributed by atoms with Crippen LogP contribution in [0.1, 0.15) is 0 Å². The Kier molecular flexibility index (Phi) is 2.92. The molecule has 19 heavy (non-hydrogen) atoms. The fraction of sp³-hybridized carbons (Fsp3) is 0.222. The van der Waals surface area contributed by atoms with Crippen LogP contribution < -0.4 is 14.8 Å². The van der Waals surface area contributed by atoms with Crippen molar-refractivity contribution in [2.24, 2.45) is 0 Å². The van der Waals surface area contributed by atoms with Crippen molar-refractivity contribution < 1.29 is 32.4 Å². The van der Waals surface area contributed by atoms with E-state index in [4.69, 9.17) is 9.47 Å². The lowest BCUT2D eigenvalue weighted by molar-refractivity contribution is -0.384. The van der Waals surface area contributed by atoms with E-state index in [1.165, 1.54) is 5.32 Å². The number of carbonyl (C=O) groups is 1. The number of hydrogen-bond donors (Lipinski definition) is 1. The summed E-state index contributed by atoms with van der Waals surface area (Å²) in [6.45, 7) is -0.205. The first-order valence-electron chi connectivity index (χ1n) is 4.75. The van der Waals surface area contributed by atoms with E-state index in [0.29, 0.717) is 0 Å².